The van der Waals surface area contributed by atoms with E-state index in [4.69, 9.17) is 5.73 Å². The maximum absolute atomic E-state index is 11.1. The average Bonchev–Trinajstić information content (AvgIpc) is 2.31. The number of rotatable bonds is 0. The Morgan fingerprint density at radius 1 is 1.64 bits per heavy atom. The third-order valence-electron chi connectivity index (χ3n) is 1.71. The molecule has 3 nitrogen and oxygen atoms in total. The summed E-state index contributed by atoms with van der Waals surface area (Å²) in [5, 5.41) is 3.50. The van der Waals surface area contributed by atoms with Crippen molar-refractivity contribution < 1.29 is 4.79 Å². The zero-order valence-electron chi connectivity index (χ0n) is 5.89. The van der Waals surface area contributed by atoms with Crippen molar-refractivity contribution in [3.8, 4) is 0 Å². The van der Waals surface area contributed by atoms with Crippen LogP contribution in [0, 0.1) is 0 Å². The highest BCUT2D eigenvalue weighted by molar-refractivity contribution is 7.18. The molecular formula is C7H8N2OS. The van der Waals surface area contributed by atoms with Gasteiger partial charge in [-0.05, 0) is 18.1 Å². The second-order valence-corrected chi connectivity index (χ2v) is 3.59. The van der Waals surface area contributed by atoms with E-state index >= 15 is 0 Å². The Hall–Kier alpha value is -1.03. The van der Waals surface area contributed by atoms with Gasteiger partial charge in [0.25, 0.3) is 5.91 Å². The Kier molecular flexibility index (Phi) is 1.35. The Morgan fingerprint density at radius 2 is 2.45 bits per heavy atom. The SMILES string of the molecule is Nc1cc2c(s1)C(=O)NCC2. The molecule has 1 aromatic heterocycles. The van der Waals surface area contributed by atoms with Gasteiger partial charge in [-0.25, -0.2) is 0 Å². The second kappa shape index (κ2) is 2.23. The van der Waals surface area contributed by atoms with Gasteiger partial charge in [-0.15, -0.1) is 11.3 Å². The summed E-state index contributed by atoms with van der Waals surface area (Å²) in [5.41, 5.74) is 6.65. The van der Waals surface area contributed by atoms with Crippen LogP contribution in [0.25, 0.3) is 0 Å². The summed E-state index contributed by atoms with van der Waals surface area (Å²) < 4.78 is 0. The van der Waals surface area contributed by atoms with Gasteiger partial charge in [0.15, 0.2) is 0 Å². The zero-order chi connectivity index (χ0) is 7.84. The van der Waals surface area contributed by atoms with E-state index in [2.05, 4.69) is 5.32 Å². The van der Waals surface area contributed by atoms with Gasteiger partial charge in [-0.2, -0.15) is 0 Å². The fraction of sp³-hybridized carbons (Fsp3) is 0.286. The summed E-state index contributed by atoms with van der Waals surface area (Å²) in [6, 6.07) is 1.89. The van der Waals surface area contributed by atoms with Gasteiger partial charge in [0.1, 0.15) is 0 Å². The minimum atomic E-state index is 0.0213. The first kappa shape index (κ1) is 6.67. The van der Waals surface area contributed by atoms with Gasteiger partial charge >= 0.3 is 0 Å². The standard InChI is InChI=1S/C7H8N2OS/c8-5-3-4-1-2-9-7(10)6(4)11-5/h3H,1-2,8H2,(H,9,10). The topological polar surface area (TPSA) is 55.1 Å². The third-order valence-corrected chi connectivity index (χ3v) is 2.72. The Labute approximate surface area is 68.2 Å². The zero-order valence-corrected chi connectivity index (χ0v) is 6.70. The number of hydrogen-bond acceptors (Lipinski definition) is 3. The van der Waals surface area contributed by atoms with Gasteiger partial charge < -0.3 is 11.1 Å². The number of nitrogens with two attached hydrogens (primary N) is 1. The lowest BCUT2D eigenvalue weighted by molar-refractivity contribution is 0.0950. The van der Waals surface area contributed by atoms with Crippen molar-refractivity contribution in [2.75, 3.05) is 12.3 Å². The number of thiophene rings is 1. The smallest absolute Gasteiger partial charge is 0.261 e. The molecule has 0 atom stereocenters. The van der Waals surface area contributed by atoms with Crippen molar-refractivity contribution in [3.05, 3.63) is 16.5 Å². The molecule has 4 heteroatoms. The van der Waals surface area contributed by atoms with E-state index in [0.717, 1.165) is 28.4 Å². The van der Waals surface area contributed by atoms with Crippen LogP contribution in [0.4, 0.5) is 5.00 Å². The number of anilines is 1. The largest absolute Gasteiger partial charge is 0.391 e. The molecular weight excluding hydrogens is 160 g/mol. The molecule has 58 valence electrons. The molecule has 2 heterocycles. The summed E-state index contributed by atoms with van der Waals surface area (Å²) in [7, 11) is 0. The summed E-state index contributed by atoms with van der Waals surface area (Å²) >= 11 is 1.36. The number of fused-ring (bicyclic) bond motifs is 1. The van der Waals surface area contributed by atoms with Gasteiger partial charge in [0, 0.05) is 6.54 Å². The van der Waals surface area contributed by atoms with Gasteiger partial charge in [0.2, 0.25) is 0 Å². The van der Waals surface area contributed by atoms with Crippen LogP contribution >= 0.6 is 11.3 Å². The average molecular weight is 168 g/mol. The first-order chi connectivity index (χ1) is 5.27. The van der Waals surface area contributed by atoms with Crippen LogP contribution in [-0.2, 0) is 6.42 Å². The molecule has 1 aliphatic rings. The van der Waals surface area contributed by atoms with Crippen molar-refractivity contribution in [2.24, 2.45) is 0 Å². The maximum atomic E-state index is 11.1. The molecule has 11 heavy (non-hydrogen) atoms. The highest BCUT2D eigenvalue weighted by Crippen LogP contribution is 2.26. The van der Waals surface area contributed by atoms with E-state index < -0.39 is 0 Å². The number of amides is 1. The molecule has 1 aromatic rings. The summed E-state index contributed by atoms with van der Waals surface area (Å²) in [4.78, 5) is 11.9. The van der Waals surface area contributed by atoms with Crippen LogP contribution in [0.15, 0.2) is 6.07 Å². The monoisotopic (exact) mass is 168 g/mol. The molecule has 0 unspecified atom stereocenters. The quantitative estimate of drug-likeness (QED) is 0.596. The lowest BCUT2D eigenvalue weighted by atomic mass is 10.1. The maximum Gasteiger partial charge on any atom is 0.261 e. The van der Waals surface area contributed by atoms with Gasteiger partial charge in [0.05, 0.1) is 9.88 Å². The first-order valence-corrected chi connectivity index (χ1v) is 4.25. The van der Waals surface area contributed by atoms with Crippen molar-refractivity contribution in [1.82, 2.24) is 5.32 Å². The summed E-state index contributed by atoms with van der Waals surface area (Å²) in [6.45, 7) is 0.738. The second-order valence-electron chi connectivity index (χ2n) is 2.51. The number of carbonyl (C=O) groups excluding carboxylic acids is 1. The fourth-order valence-electron chi connectivity index (χ4n) is 1.22. The fourth-order valence-corrected chi connectivity index (χ4v) is 2.11. The third kappa shape index (κ3) is 0.991. The van der Waals surface area contributed by atoms with Crippen molar-refractivity contribution in [3.63, 3.8) is 0 Å². The molecule has 0 fully saturated rings. The predicted molar refractivity (Wildman–Crippen MR) is 44.8 cm³/mol. The molecule has 0 saturated carbocycles. The molecule has 0 bridgehead atoms. The molecule has 1 amide bonds. The van der Waals surface area contributed by atoms with E-state index in [9.17, 15) is 4.79 Å². The van der Waals surface area contributed by atoms with Crippen LogP contribution in [-0.4, -0.2) is 12.5 Å². The Balaban J connectivity index is 2.52. The number of hydrogen-bond donors (Lipinski definition) is 2. The predicted octanol–water partition coefficient (Wildman–Crippen LogP) is 0.616. The molecule has 3 N–H and O–H groups in total. The molecule has 2 rings (SSSR count). The lowest BCUT2D eigenvalue weighted by Gasteiger charge is -2.10. The highest BCUT2D eigenvalue weighted by Gasteiger charge is 2.18. The minimum absolute atomic E-state index is 0.0213. The molecule has 0 aliphatic carbocycles. The summed E-state index contributed by atoms with van der Waals surface area (Å²) in [6.07, 6.45) is 0.911. The first-order valence-electron chi connectivity index (χ1n) is 3.44. The van der Waals surface area contributed by atoms with E-state index in [1.165, 1.54) is 11.3 Å². The van der Waals surface area contributed by atoms with E-state index in [1.54, 1.807) is 0 Å². The van der Waals surface area contributed by atoms with E-state index in [0.29, 0.717) is 0 Å². The van der Waals surface area contributed by atoms with E-state index in [-0.39, 0.29) is 5.91 Å². The van der Waals surface area contributed by atoms with Crippen molar-refractivity contribution in [1.29, 1.82) is 0 Å². The summed E-state index contributed by atoms with van der Waals surface area (Å²) in [5.74, 6) is 0.0213. The molecule has 1 aliphatic heterocycles. The molecule has 0 aromatic carbocycles. The van der Waals surface area contributed by atoms with Crippen molar-refractivity contribution >= 4 is 22.2 Å². The normalized spacial score (nSPS) is 15.8. The molecule has 0 radical (unpaired) electrons. The van der Waals surface area contributed by atoms with Gasteiger partial charge in [-0.3, -0.25) is 4.79 Å². The van der Waals surface area contributed by atoms with Crippen LogP contribution < -0.4 is 11.1 Å². The number of nitrogens with one attached hydrogen (secondary N) is 1. The Bertz CT molecular complexity index is 305. The van der Waals surface area contributed by atoms with E-state index in [1.807, 2.05) is 6.07 Å². The molecule has 0 saturated heterocycles. The lowest BCUT2D eigenvalue weighted by Crippen LogP contribution is -2.30. The van der Waals surface area contributed by atoms with Crippen LogP contribution in [0.1, 0.15) is 15.2 Å². The number of nitrogen functional groups attached to an aromatic ring is 1. The van der Waals surface area contributed by atoms with Crippen LogP contribution in [0.2, 0.25) is 0 Å². The van der Waals surface area contributed by atoms with Crippen molar-refractivity contribution in [2.45, 2.75) is 6.42 Å². The van der Waals surface area contributed by atoms with Gasteiger partial charge in [-0.1, -0.05) is 0 Å². The molecule has 0 spiro atoms. The van der Waals surface area contributed by atoms with Crippen LogP contribution in [0.5, 0.6) is 0 Å². The highest BCUT2D eigenvalue weighted by atomic mass is 32.1. The Morgan fingerprint density at radius 3 is 3.18 bits per heavy atom. The van der Waals surface area contributed by atoms with Crippen LogP contribution in [0.3, 0.4) is 0 Å². The minimum Gasteiger partial charge on any atom is -0.391 e. The number of carbonyl (C=O) groups is 1.